The van der Waals surface area contributed by atoms with E-state index < -0.39 is 5.97 Å². The van der Waals surface area contributed by atoms with E-state index in [-0.39, 0.29) is 16.2 Å². The van der Waals surface area contributed by atoms with Crippen LogP contribution in [0.4, 0.5) is 0 Å². The van der Waals surface area contributed by atoms with Gasteiger partial charge in [-0.3, -0.25) is 0 Å². The highest BCUT2D eigenvalue weighted by Gasteiger charge is 2.85. The second-order valence-corrected chi connectivity index (χ2v) is 17.0. The first-order valence-electron chi connectivity index (χ1n) is 20.4. The maximum Gasteiger partial charge on any atom is 0.332 e. The van der Waals surface area contributed by atoms with E-state index in [1.807, 2.05) is 0 Å². The number of hydrogen-bond donors (Lipinski definition) is 1. The molecule has 0 spiro atoms. The molecule has 4 fully saturated rings. The number of carboxylic acid groups (broad SMARTS) is 1. The summed E-state index contributed by atoms with van der Waals surface area (Å²) in [6.07, 6.45) is 39.2. The molecule has 0 aromatic heterocycles. The quantitative estimate of drug-likeness (QED) is 0.326. The Morgan fingerprint density at radius 3 is 1.41 bits per heavy atom. The Morgan fingerprint density at radius 2 is 1.00 bits per heavy atom. The van der Waals surface area contributed by atoms with E-state index in [1.54, 1.807) is 5.57 Å². The van der Waals surface area contributed by atoms with Crippen LogP contribution in [0.1, 0.15) is 207 Å². The van der Waals surface area contributed by atoms with E-state index in [2.05, 4.69) is 20.8 Å². The first kappa shape index (κ1) is 34.5. The maximum atomic E-state index is 13.9. The number of aliphatic carboxylic acids is 1. The van der Waals surface area contributed by atoms with Crippen molar-refractivity contribution >= 4 is 5.97 Å². The van der Waals surface area contributed by atoms with Gasteiger partial charge in [0.05, 0.1) is 0 Å². The van der Waals surface area contributed by atoms with Crippen LogP contribution in [0.3, 0.4) is 0 Å². The summed E-state index contributed by atoms with van der Waals surface area (Å²) < 4.78 is 0. The summed E-state index contributed by atoms with van der Waals surface area (Å²) in [5.41, 5.74) is 2.57. The fraction of sp³-hybridized carbons (Fsp3) is 0.929. The number of rotatable bonds is 6. The fourth-order valence-corrected chi connectivity index (χ4v) is 13.0. The molecule has 6 aliphatic carbocycles. The van der Waals surface area contributed by atoms with Crippen LogP contribution >= 0.6 is 0 Å². The molecule has 0 radical (unpaired) electrons. The monoisotopic (exact) mass is 609 g/mol. The third-order valence-electron chi connectivity index (χ3n) is 14.8. The second kappa shape index (κ2) is 15.9. The Kier molecular flexibility index (Phi) is 12.5. The number of allylic oxidation sites excluding steroid dienone is 1. The lowest BCUT2D eigenvalue weighted by atomic mass is 9.28. The van der Waals surface area contributed by atoms with Crippen LogP contribution in [0, 0.1) is 39.9 Å². The van der Waals surface area contributed by atoms with Crippen molar-refractivity contribution in [3.63, 3.8) is 0 Å². The van der Waals surface area contributed by atoms with Crippen LogP contribution in [0.25, 0.3) is 0 Å². The van der Waals surface area contributed by atoms with Crippen LogP contribution in [0.2, 0.25) is 0 Å². The summed E-state index contributed by atoms with van der Waals surface area (Å²) in [4.78, 5) is 13.9. The van der Waals surface area contributed by atoms with E-state index in [1.165, 1.54) is 186 Å². The van der Waals surface area contributed by atoms with Gasteiger partial charge in [0.25, 0.3) is 0 Å². The Labute approximate surface area is 273 Å². The van der Waals surface area contributed by atoms with Crippen molar-refractivity contribution in [2.24, 2.45) is 39.9 Å². The van der Waals surface area contributed by atoms with Crippen LogP contribution in [-0.2, 0) is 4.79 Å². The van der Waals surface area contributed by atoms with Crippen molar-refractivity contribution in [1.82, 2.24) is 0 Å². The average Bonchev–Trinajstić information content (AvgIpc) is 3.38. The molecular formula is C42H72O2. The summed E-state index contributed by atoms with van der Waals surface area (Å²) in [7, 11) is 0. The fourth-order valence-electron chi connectivity index (χ4n) is 13.0. The highest BCUT2D eigenvalue weighted by molar-refractivity contribution is 5.93. The topological polar surface area (TPSA) is 37.3 Å². The zero-order chi connectivity index (χ0) is 31.0. The average molecular weight is 609 g/mol. The molecule has 0 aromatic rings. The maximum absolute atomic E-state index is 13.9. The number of carbonyl (C=O) groups is 1. The van der Waals surface area contributed by atoms with Crippen molar-refractivity contribution < 1.29 is 9.90 Å². The highest BCUT2D eigenvalue weighted by atomic mass is 16.4. The van der Waals surface area contributed by atoms with Gasteiger partial charge in [0.1, 0.15) is 0 Å². The smallest absolute Gasteiger partial charge is 0.332 e. The van der Waals surface area contributed by atoms with Crippen molar-refractivity contribution in [3.8, 4) is 0 Å². The molecule has 4 saturated carbocycles. The molecule has 0 amide bonds. The standard InChI is InChI=1S/C42H72O2/c1-4-32-40(2)41(3)37(39(43)44)36(33-26-20-14-8-5-9-15-21-27-33)42(40,35-30-24-18-12-7-13-19-25-31-35)38(41)34-28-22-16-10-6-11-17-23-29-34/h33-35,38H,4-32H2,1-3H3,(H,43,44). The molecule has 2 heteroatoms. The van der Waals surface area contributed by atoms with Crippen LogP contribution in [-0.4, -0.2) is 11.1 Å². The third kappa shape index (κ3) is 6.25. The lowest BCUT2D eigenvalue weighted by Crippen LogP contribution is -2.71. The van der Waals surface area contributed by atoms with Gasteiger partial charge in [-0.2, -0.15) is 0 Å². The summed E-state index contributed by atoms with van der Waals surface area (Å²) in [5, 5.41) is 11.4. The zero-order valence-corrected chi connectivity index (χ0v) is 29.7. The number of hydrogen-bond acceptors (Lipinski definition) is 1. The predicted octanol–water partition coefficient (Wildman–Crippen LogP) is 13.2. The van der Waals surface area contributed by atoms with Gasteiger partial charge in [0.2, 0.25) is 0 Å². The van der Waals surface area contributed by atoms with E-state index in [0.29, 0.717) is 23.7 Å². The Morgan fingerprint density at radius 1 is 0.614 bits per heavy atom. The van der Waals surface area contributed by atoms with Crippen LogP contribution in [0.5, 0.6) is 0 Å². The number of carboxylic acids is 1. The summed E-state index contributed by atoms with van der Waals surface area (Å²) in [6.45, 7) is 7.58. The van der Waals surface area contributed by atoms with Gasteiger partial charge in [-0.05, 0) is 66.8 Å². The first-order chi connectivity index (χ1) is 21.4. The predicted molar refractivity (Wildman–Crippen MR) is 187 cm³/mol. The van der Waals surface area contributed by atoms with Crippen molar-refractivity contribution in [2.45, 2.75) is 207 Å². The molecule has 1 N–H and O–H groups in total. The van der Waals surface area contributed by atoms with E-state index in [9.17, 15) is 9.90 Å². The Hall–Kier alpha value is -0.790. The molecule has 0 aliphatic heterocycles. The van der Waals surface area contributed by atoms with Crippen LogP contribution in [0.15, 0.2) is 11.1 Å². The molecular weight excluding hydrogens is 536 g/mol. The minimum absolute atomic E-state index is 0.0852. The molecule has 0 heterocycles. The Bertz CT molecular complexity index is 919. The SMILES string of the molecule is CCCC1(C)C2(C)C(C(=O)O)=C(C3CCCCCCCCC3)C1(C1CCCCCCCCC1)C2C1CCCCCCCCC1. The van der Waals surface area contributed by atoms with Gasteiger partial charge >= 0.3 is 5.97 Å². The Balaban J connectivity index is 1.68. The van der Waals surface area contributed by atoms with Gasteiger partial charge < -0.3 is 5.11 Å². The molecule has 252 valence electrons. The minimum atomic E-state index is -0.522. The van der Waals surface area contributed by atoms with Crippen LogP contribution < -0.4 is 0 Å². The van der Waals surface area contributed by atoms with Gasteiger partial charge in [0, 0.05) is 16.4 Å². The van der Waals surface area contributed by atoms with Crippen molar-refractivity contribution in [1.29, 1.82) is 0 Å². The molecule has 4 unspecified atom stereocenters. The summed E-state index contributed by atoms with van der Waals surface area (Å²) in [6, 6.07) is 0. The second-order valence-electron chi connectivity index (χ2n) is 17.0. The third-order valence-corrected chi connectivity index (χ3v) is 14.8. The largest absolute Gasteiger partial charge is 0.478 e. The molecule has 4 atom stereocenters. The molecule has 6 aliphatic rings. The highest BCUT2D eigenvalue weighted by Crippen LogP contribution is 2.89. The molecule has 6 rings (SSSR count). The first-order valence-corrected chi connectivity index (χ1v) is 20.4. The molecule has 2 nitrogen and oxygen atoms in total. The van der Waals surface area contributed by atoms with E-state index in [0.717, 1.165) is 5.57 Å². The van der Waals surface area contributed by atoms with Crippen molar-refractivity contribution in [3.05, 3.63) is 11.1 Å². The summed E-state index contributed by atoms with van der Waals surface area (Å²) in [5.74, 6) is 1.90. The van der Waals surface area contributed by atoms with Gasteiger partial charge in [-0.15, -0.1) is 0 Å². The minimum Gasteiger partial charge on any atom is -0.478 e. The summed E-state index contributed by atoms with van der Waals surface area (Å²) >= 11 is 0. The van der Waals surface area contributed by atoms with Crippen molar-refractivity contribution in [2.75, 3.05) is 0 Å². The van der Waals surface area contributed by atoms with E-state index >= 15 is 0 Å². The zero-order valence-electron chi connectivity index (χ0n) is 29.7. The van der Waals surface area contributed by atoms with Gasteiger partial charge in [0.15, 0.2) is 0 Å². The van der Waals surface area contributed by atoms with E-state index in [4.69, 9.17) is 0 Å². The molecule has 0 saturated heterocycles. The molecule has 2 bridgehead atoms. The lowest BCUT2D eigenvalue weighted by molar-refractivity contribution is -0.257. The normalized spacial score (nSPS) is 36.8. The van der Waals surface area contributed by atoms with Gasteiger partial charge in [-0.25, -0.2) is 4.79 Å². The lowest BCUT2D eigenvalue weighted by Gasteiger charge is -2.75. The molecule has 44 heavy (non-hydrogen) atoms. The molecule has 0 aromatic carbocycles. The van der Waals surface area contributed by atoms with Gasteiger partial charge in [-0.1, -0.05) is 175 Å².